The first-order chi connectivity index (χ1) is 16.2. The van der Waals surface area contributed by atoms with E-state index < -0.39 is 0 Å². The highest BCUT2D eigenvalue weighted by atomic mass is 127. The molecule has 0 amide bonds. The Kier molecular flexibility index (Phi) is 7.84. The van der Waals surface area contributed by atoms with Crippen LogP contribution in [0.4, 0.5) is 5.69 Å². The standard InChI is InChI=1S/C28H28ClN2O2.HI/c1-3-30-22-12-5-7-14-24(22)32-26(30)18-16-20-10-9-11-21(28(20)29)17-19-27-31(4-2)23-13-6-8-15-25(23)33-27;/h5-8,12-19H,3-4,9-11H2,1-2H3;1H/q+1;/p-1. The number of para-hydroxylation sites is 4. The first-order valence-corrected chi connectivity index (χ1v) is 12.0. The summed E-state index contributed by atoms with van der Waals surface area (Å²) in [6.07, 6.45) is 11.3. The van der Waals surface area contributed by atoms with Gasteiger partial charge in [-0.3, -0.25) is 0 Å². The van der Waals surface area contributed by atoms with Crippen molar-refractivity contribution < 1.29 is 37.7 Å². The van der Waals surface area contributed by atoms with Gasteiger partial charge in [0.15, 0.2) is 5.75 Å². The second-order valence-electron chi connectivity index (χ2n) is 8.19. The largest absolute Gasteiger partial charge is 1.00 e. The Bertz CT molecular complexity index is 1320. The minimum Gasteiger partial charge on any atom is -1.00 e. The van der Waals surface area contributed by atoms with E-state index in [4.69, 9.17) is 20.8 Å². The number of oxazole rings is 1. The van der Waals surface area contributed by atoms with E-state index >= 15 is 0 Å². The zero-order valence-electron chi connectivity index (χ0n) is 19.4. The second-order valence-corrected chi connectivity index (χ2v) is 8.57. The molecule has 1 aliphatic heterocycles. The monoisotopic (exact) mass is 586 g/mol. The molecule has 0 saturated carbocycles. The highest BCUT2D eigenvalue weighted by Crippen LogP contribution is 2.39. The number of hydrogen-bond donors (Lipinski definition) is 0. The Balaban J connectivity index is 0.00000274. The number of benzene rings is 2. The molecule has 2 heterocycles. The van der Waals surface area contributed by atoms with E-state index in [1.807, 2.05) is 48.6 Å². The van der Waals surface area contributed by atoms with Crippen LogP contribution in [0.1, 0.15) is 39.0 Å². The van der Waals surface area contributed by atoms with Crippen molar-refractivity contribution in [1.29, 1.82) is 0 Å². The van der Waals surface area contributed by atoms with Gasteiger partial charge in [0.2, 0.25) is 11.5 Å². The number of aryl methyl sites for hydroxylation is 1. The summed E-state index contributed by atoms with van der Waals surface area (Å²) in [5.74, 6) is 2.57. The molecule has 6 heteroatoms. The van der Waals surface area contributed by atoms with E-state index in [0.29, 0.717) is 0 Å². The fourth-order valence-corrected chi connectivity index (χ4v) is 4.87. The van der Waals surface area contributed by atoms with Crippen LogP contribution in [-0.2, 0) is 6.54 Å². The van der Waals surface area contributed by atoms with Gasteiger partial charge in [0.25, 0.3) is 5.52 Å². The van der Waals surface area contributed by atoms with Crippen molar-refractivity contribution in [2.24, 2.45) is 0 Å². The lowest BCUT2D eigenvalue weighted by Crippen LogP contribution is -3.00. The van der Waals surface area contributed by atoms with Gasteiger partial charge >= 0.3 is 5.89 Å². The fourth-order valence-electron chi connectivity index (χ4n) is 4.56. The Hall–Kier alpha value is -2.51. The molecular weight excluding hydrogens is 559 g/mol. The molecule has 34 heavy (non-hydrogen) atoms. The molecule has 2 aliphatic rings. The highest BCUT2D eigenvalue weighted by Gasteiger charge is 2.24. The van der Waals surface area contributed by atoms with Crippen LogP contribution < -0.4 is 38.2 Å². The normalized spacial score (nSPS) is 18.1. The summed E-state index contributed by atoms with van der Waals surface area (Å²) in [6, 6.07) is 16.3. The van der Waals surface area contributed by atoms with Crippen LogP contribution in [0, 0.1) is 0 Å². The molecule has 0 fully saturated rings. The first-order valence-electron chi connectivity index (χ1n) is 11.6. The van der Waals surface area contributed by atoms with Gasteiger partial charge in [-0.2, -0.15) is 4.57 Å². The summed E-state index contributed by atoms with van der Waals surface area (Å²) in [5, 5.41) is 0.826. The number of nitrogens with zero attached hydrogens (tertiary/aromatic N) is 2. The molecule has 0 N–H and O–H groups in total. The highest BCUT2D eigenvalue weighted by molar-refractivity contribution is 6.32. The quantitative estimate of drug-likeness (QED) is 0.333. The number of fused-ring (bicyclic) bond motifs is 2. The molecule has 0 spiro atoms. The van der Waals surface area contributed by atoms with Gasteiger partial charge in [-0.1, -0.05) is 41.9 Å². The number of halogens is 2. The van der Waals surface area contributed by atoms with Crippen LogP contribution in [0.3, 0.4) is 0 Å². The van der Waals surface area contributed by atoms with Crippen molar-refractivity contribution in [3.8, 4) is 5.75 Å². The van der Waals surface area contributed by atoms with Gasteiger partial charge in [-0.05, 0) is 74.6 Å². The van der Waals surface area contributed by atoms with Crippen LogP contribution in [-0.4, -0.2) is 6.54 Å². The molecule has 0 unspecified atom stereocenters. The topological polar surface area (TPSA) is 29.5 Å². The maximum absolute atomic E-state index is 6.85. The molecule has 4 nitrogen and oxygen atoms in total. The third-order valence-corrected chi connectivity index (χ3v) is 6.70. The fraction of sp³-hybridized carbons (Fsp3) is 0.250. The zero-order chi connectivity index (χ0) is 22.8. The van der Waals surface area contributed by atoms with Crippen molar-refractivity contribution in [1.82, 2.24) is 0 Å². The van der Waals surface area contributed by atoms with Crippen molar-refractivity contribution in [2.75, 3.05) is 11.4 Å². The van der Waals surface area contributed by atoms with Gasteiger partial charge < -0.3 is 38.0 Å². The molecule has 176 valence electrons. The lowest BCUT2D eigenvalue weighted by Gasteiger charge is -2.17. The number of rotatable bonds is 5. The predicted molar refractivity (Wildman–Crippen MR) is 134 cm³/mol. The Morgan fingerprint density at radius 3 is 2.62 bits per heavy atom. The molecule has 0 atom stereocenters. The summed E-state index contributed by atoms with van der Waals surface area (Å²) in [4.78, 5) is 2.18. The molecule has 3 aromatic rings. The maximum Gasteiger partial charge on any atom is 0.374 e. The van der Waals surface area contributed by atoms with Crippen LogP contribution in [0.15, 0.2) is 93.2 Å². The number of ether oxygens (including phenoxy) is 1. The molecule has 5 rings (SSSR count). The van der Waals surface area contributed by atoms with Crippen molar-refractivity contribution in [3.05, 3.63) is 94.7 Å². The van der Waals surface area contributed by atoms with Gasteiger partial charge in [0.1, 0.15) is 6.54 Å². The summed E-state index contributed by atoms with van der Waals surface area (Å²) in [6.45, 7) is 5.95. The van der Waals surface area contributed by atoms with Gasteiger partial charge in [-0.25, -0.2) is 0 Å². The van der Waals surface area contributed by atoms with E-state index in [1.165, 1.54) is 0 Å². The minimum absolute atomic E-state index is 0. The van der Waals surface area contributed by atoms with Gasteiger partial charge in [0.05, 0.1) is 11.8 Å². The summed E-state index contributed by atoms with van der Waals surface area (Å²) < 4.78 is 14.3. The van der Waals surface area contributed by atoms with Crippen molar-refractivity contribution in [2.45, 2.75) is 39.7 Å². The average molecular weight is 587 g/mol. The van der Waals surface area contributed by atoms with Crippen LogP contribution in [0.5, 0.6) is 5.75 Å². The molecule has 0 saturated heterocycles. The van der Waals surface area contributed by atoms with Gasteiger partial charge in [-0.15, -0.1) is 0 Å². The second kappa shape index (κ2) is 10.8. The smallest absolute Gasteiger partial charge is 0.374 e. The van der Waals surface area contributed by atoms with E-state index in [1.54, 1.807) is 0 Å². The molecule has 1 aromatic heterocycles. The third kappa shape index (κ3) is 4.68. The average Bonchev–Trinajstić information content (AvgIpc) is 3.39. The summed E-state index contributed by atoms with van der Waals surface area (Å²) in [5.41, 5.74) is 5.38. The van der Waals surface area contributed by atoms with Crippen LogP contribution in [0.25, 0.3) is 17.2 Å². The number of aromatic nitrogens is 1. The van der Waals surface area contributed by atoms with Crippen LogP contribution in [0.2, 0.25) is 0 Å². The number of hydrogen-bond acceptors (Lipinski definition) is 3. The van der Waals surface area contributed by atoms with E-state index in [9.17, 15) is 0 Å². The molecule has 1 aliphatic carbocycles. The van der Waals surface area contributed by atoms with E-state index in [0.717, 1.165) is 82.8 Å². The van der Waals surface area contributed by atoms with Crippen molar-refractivity contribution >= 4 is 34.5 Å². The van der Waals surface area contributed by atoms with Crippen LogP contribution >= 0.6 is 11.6 Å². The van der Waals surface area contributed by atoms with Gasteiger partial charge in [0, 0.05) is 17.6 Å². The lowest BCUT2D eigenvalue weighted by atomic mass is 9.94. The van der Waals surface area contributed by atoms with E-state index in [2.05, 4.69) is 47.6 Å². The summed E-state index contributed by atoms with van der Waals surface area (Å²) in [7, 11) is 0. The first kappa shape index (κ1) is 24.6. The Labute approximate surface area is 222 Å². The third-order valence-electron chi connectivity index (χ3n) is 6.22. The van der Waals surface area contributed by atoms with E-state index in [-0.39, 0.29) is 24.0 Å². The SMILES string of the molecule is CCN1/C(=C/C=C2\CCCC(/C=C/c3oc4ccccc4[n+]3CC)=C2Cl)Oc2ccccc21.[I-]. The summed E-state index contributed by atoms with van der Waals surface area (Å²) >= 11 is 6.85. The Morgan fingerprint density at radius 2 is 1.79 bits per heavy atom. The maximum atomic E-state index is 6.85. The Morgan fingerprint density at radius 1 is 1.00 bits per heavy atom. The molecule has 0 bridgehead atoms. The lowest BCUT2D eigenvalue weighted by molar-refractivity contribution is -0.674. The molecule has 2 aromatic carbocycles. The number of allylic oxidation sites excluding steroid dienone is 6. The zero-order valence-corrected chi connectivity index (χ0v) is 22.3. The molecular formula is C28H28ClIN2O2. The minimum atomic E-state index is 0. The predicted octanol–water partition coefficient (Wildman–Crippen LogP) is 4.12. The molecule has 0 radical (unpaired) electrons. The van der Waals surface area contributed by atoms with Crippen molar-refractivity contribution in [3.63, 3.8) is 0 Å². The number of anilines is 1.